The SMILES string of the molecule is CCCCCCCCC(C)C(O)(OC)OC. The van der Waals surface area contributed by atoms with E-state index in [1.807, 2.05) is 6.92 Å². The van der Waals surface area contributed by atoms with Crippen LogP contribution in [-0.2, 0) is 9.47 Å². The summed E-state index contributed by atoms with van der Waals surface area (Å²) in [5.74, 6) is -1.41. The van der Waals surface area contributed by atoms with Gasteiger partial charge in [-0.2, -0.15) is 0 Å². The minimum absolute atomic E-state index is 0.00803. The van der Waals surface area contributed by atoms with Crippen LogP contribution in [0.3, 0.4) is 0 Å². The largest absolute Gasteiger partial charge is 0.343 e. The highest BCUT2D eigenvalue weighted by Crippen LogP contribution is 2.24. The van der Waals surface area contributed by atoms with E-state index in [9.17, 15) is 5.11 Å². The predicted octanol–water partition coefficient (Wildman–Crippen LogP) is 3.31. The molecule has 0 radical (unpaired) electrons. The molecule has 0 heterocycles. The van der Waals surface area contributed by atoms with Crippen molar-refractivity contribution in [1.82, 2.24) is 0 Å². The van der Waals surface area contributed by atoms with Gasteiger partial charge in [0.2, 0.25) is 0 Å². The van der Waals surface area contributed by atoms with Gasteiger partial charge in [0.1, 0.15) is 0 Å². The van der Waals surface area contributed by atoms with Gasteiger partial charge in [-0.15, -0.1) is 0 Å². The van der Waals surface area contributed by atoms with E-state index in [4.69, 9.17) is 9.47 Å². The molecule has 3 heteroatoms. The Labute approximate surface area is 100 Å². The molecule has 0 saturated heterocycles. The van der Waals surface area contributed by atoms with E-state index >= 15 is 0 Å². The lowest BCUT2D eigenvalue weighted by molar-refractivity contribution is -0.365. The molecule has 0 aromatic heterocycles. The van der Waals surface area contributed by atoms with Crippen LogP contribution in [-0.4, -0.2) is 25.3 Å². The topological polar surface area (TPSA) is 38.7 Å². The fourth-order valence-electron chi connectivity index (χ4n) is 1.90. The first-order valence-corrected chi connectivity index (χ1v) is 6.43. The standard InChI is InChI=1S/C13H28O3/c1-5-6-7-8-9-10-11-12(2)13(14,15-3)16-4/h12,14H,5-11H2,1-4H3. The van der Waals surface area contributed by atoms with Crippen molar-refractivity contribution in [1.29, 1.82) is 0 Å². The van der Waals surface area contributed by atoms with E-state index in [-0.39, 0.29) is 5.92 Å². The highest BCUT2D eigenvalue weighted by Gasteiger charge is 2.33. The van der Waals surface area contributed by atoms with Crippen LogP contribution >= 0.6 is 0 Å². The Morgan fingerprint density at radius 1 is 1.00 bits per heavy atom. The maximum atomic E-state index is 9.89. The van der Waals surface area contributed by atoms with Crippen LogP contribution in [0.2, 0.25) is 0 Å². The fraction of sp³-hybridized carbons (Fsp3) is 1.00. The summed E-state index contributed by atoms with van der Waals surface area (Å²) in [6.07, 6.45) is 8.51. The first-order chi connectivity index (χ1) is 7.60. The second kappa shape index (κ2) is 8.97. The molecule has 0 aromatic rings. The van der Waals surface area contributed by atoms with Gasteiger partial charge in [-0.1, -0.05) is 52.4 Å². The number of ether oxygens (including phenoxy) is 2. The average Bonchev–Trinajstić information content (AvgIpc) is 2.32. The smallest absolute Gasteiger partial charge is 0.282 e. The van der Waals surface area contributed by atoms with Crippen LogP contribution in [0.25, 0.3) is 0 Å². The molecule has 0 bridgehead atoms. The van der Waals surface area contributed by atoms with Gasteiger partial charge in [-0.3, -0.25) is 0 Å². The van der Waals surface area contributed by atoms with Crippen molar-refractivity contribution >= 4 is 0 Å². The Morgan fingerprint density at radius 2 is 1.50 bits per heavy atom. The zero-order valence-electron chi connectivity index (χ0n) is 11.3. The van der Waals surface area contributed by atoms with Crippen molar-refractivity contribution in [3.8, 4) is 0 Å². The zero-order valence-corrected chi connectivity index (χ0v) is 11.3. The van der Waals surface area contributed by atoms with E-state index in [0.29, 0.717) is 0 Å². The summed E-state index contributed by atoms with van der Waals surface area (Å²) in [6.45, 7) is 4.18. The van der Waals surface area contributed by atoms with Crippen LogP contribution in [0.15, 0.2) is 0 Å². The number of hydrogen-bond acceptors (Lipinski definition) is 3. The second-order valence-corrected chi connectivity index (χ2v) is 4.50. The maximum absolute atomic E-state index is 9.89. The monoisotopic (exact) mass is 232 g/mol. The molecular weight excluding hydrogens is 204 g/mol. The van der Waals surface area contributed by atoms with Crippen molar-refractivity contribution < 1.29 is 14.6 Å². The Hall–Kier alpha value is -0.120. The number of aliphatic hydroxyl groups is 1. The maximum Gasteiger partial charge on any atom is 0.282 e. The lowest BCUT2D eigenvalue weighted by Crippen LogP contribution is -2.40. The average molecular weight is 232 g/mol. The quantitative estimate of drug-likeness (QED) is 0.464. The van der Waals surface area contributed by atoms with Gasteiger partial charge in [0, 0.05) is 20.1 Å². The Morgan fingerprint density at radius 3 is 2.00 bits per heavy atom. The molecular formula is C13H28O3. The van der Waals surface area contributed by atoms with Crippen LogP contribution in [0.1, 0.15) is 58.8 Å². The minimum atomic E-state index is -1.41. The lowest BCUT2D eigenvalue weighted by Gasteiger charge is -2.30. The molecule has 0 fully saturated rings. The van der Waals surface area contributed by atoms with Crippen LogP contribution < -0.4 is 0 Å². The Bertz CT molecular complexity index is 155. The summed E-state index contributed by atoms with van der Waals surface area (Å²) in [7, 11) is 2.95. The first kappa shape index (κ1) is 15.9. The molecule has 0 aliphatic rings. The third-order valence-corrected chi connectivity index (χ3v) is 3.20. The highest BCUT2D eigenvalue weighted by molar-refractivity contribution is 4.64. The Kier molecular flexibility index (Phi) is 8.90. The van der Waals surface area contributed by atoms with Gasteiger partial charge in [0.15, 0.2) is 0 Å². The molecule has 0 aliphatic carbocycles. The summed E-state index contributed by atoms with van der Waals surface area (Å²) < 4.78 is 9.96. The molecule has 16 heavy (non-hydrogen) atoms. The van der Waals surface area contributed by atoms with Gasteiger partial charge in [-0.25, -0.2) is 0 Å². The zero-order chi connectivity index (χ0) is 12.4. The van der Waals surface area contributed by atoms with Crippen LogP contribution in [0, 0.1) is 5.92 Å². The van der Waals surface area contributed by atoms with Gasteiger partial charge < -0.3 is 14.6 Å². The molecule has 0 rings (SSSR count). The van der Waals surface area contributed by atoms with Gasteiger partial charge in [0.25, 0.3) is 5.97 Å². The summed E-state index contributed by atoms with van der Waals surface area (Å²) in [4.78, 5) is 0. The number of rotatable bonds is 10. The Balaban J connectivity index is 3.60. The molecule has 0 saturated carbocycles. The third-order valence-electron chi connectivity index (χ3n) is 3.20. The molecule has 1 unspecified atom stereocenters. The summed E-state index contributed by atoms with van der Waals surface area (Å²) >= 11 is 0. The van der Waals surface area contributed by atoms with Crippen molar-refractivity contribution in [2.24, 2.45) is 5.92 Å². The molecule has 3 nitrogen and oxygen atoms in total. The molecule has 0 spiro atoms. The predicted molar refractivity (Wildman–Crippen MR) is 66.1 cm³/mol. The van der Waals surface area contributed by atoms with E-state index in [2.05, 4.69) is 6.92 Å². The van der Waals surface area contributed by atoms with Gasteiger partial charge >= 0.3 is 0 Å². The molecule has 1 N–H and O–H groups in total. The van der Waals surface area contributed by atoms with Crippen molar-refractivity contribution in [2.75, 3.05) is 14.2 Å². The minimum Gasteiger partial charge on any atom is -0.343 e. The molecule has 0 amide bonds. The van der Waals surface area contributed by atoms with Crippen molar-refractivity contribution in [3.05, 3.63) is 0 Å². The van der Waals surface area contributed by atoms with E-state index in [1.54, 1.807) is 0 Å². The van der Waals surface area contributed by atoms with Gasteiger partial charge in [0.05, 0.1) is 0 Å². The molecule has 1 atom stereocenters. The number of unbranched alkanes of at least 4 members (excludes halogenated alkanes) is 5. The number of hydrogen-bond donors (Lipinski definition) is 1. The van der Waals surface area contributed by atoms with Gasteiger partial charge in [-0.05, 0) is 6.42 Å². The van der Waals surface area contributed by atoms with Crippen LogP contribution in [0.4, 0.5) is 0 Å². The van der Waals surface area contributed by atoms with E-state index in [1.165, 1.54) is 46.3 Å². The summed E-state index contributed by atoms with van der Waals surface area (Å²) in [6, 6.07) is 0. The summed E-state index contributed by atoms with van der Waals surface area (Å²) in [5.41, 5.74) is 0. The molecule has 0 aromatic carbocycles. The lowest BCUT2D eigenvalue weighted by atomic mass is 9.99. The van der Waals surface area contributed by atoms with E-state index in [0.717, 1.165) is 12.8 Å². The highest BCUT2D eigenvalue weighted by atomic mass is 16.8. The first-order valence-electron chi connectivity index (χ1n) is 6.43. The van der Waals surface area contributed by atoms with Crippen LogP contribution in [0.5, 0.6) is 0 Å². The normalized spacial score (nSPS) is 14.1. The fourth-order valence-corrected chi connectivity index (χ4v) is 1.90. The van der Waals surface area contributed by atoms with Crippen molar-refractivity contribution in [3.63, 3.8) is 0 Å². The van der Waals surface area contributed by atoms with E-state index < -0.39 is 5.97 Å². The second-order valence-electron chi connectivity index (χ2n) is 4.50. The molecule has 98 valence electrons. The summed E-state index contributed by atoms with van der Waals surface area (Å²) in [5, 5.41) is 9.89. The van der Waals surface area contributed by atoms with Crippen molar-refractivity contribution in [2.45, 2.75) is 64.8 Å². The molecule has 0 aliphatic heterocycles. The third kappa shape index (κ3) is 5.83. The number of methoxy groups -OCH3 is 2.